The van der Waals surface area contributed by atoms with Gasteiger partial charge in [-0.3, -0.25) is 0 Å². The van der Waals surface area contributed by atoms with Crippen molar-refractivity contribution in [3.63, 3.8) is 0 Å². The van der Waals surface area contributed by atoms with E-state index in [0.29, 0.717) is 0 Å². The van der Waals surface area contributed by atoms with Gasteiger partial charge in [0.1, 0.15) is 0 Å². The Bertz CT molecular complexity index is 452. The summed E-state index contributed by atoms with van der Waals surface area (Å²) in [7, 11) is -2.71. The number of hydrogen-bond acceptors (Lipinski definition) is 5. The lowest BCUT2D eigenvalue weighted by Gasteiger charge is -2.25. The van der Waals surface area contributed by atoms with Crippen LogP contribution in [0.25, 0.3) is 0 Å². The molecule has 13 heteroatoms. The molecule has 0 atom stereocenters. The van der Waals surface area contributed by atoms with Gasteiger partial charge in [-0.15, -0.1) is 0 Å². The highest BCUT2D eigenvalue weighted by Crippen LogP contribution is 2.41. The van der Waals surface area contributed by atoms with Gasteiger partial charge in [-0.1, -0.05) is 13.8 Å². The first kappa shape index (κ1) is 22.8. The van der Waals surface area contributed by atoms with Crippen LogP contribution in [-0.4, -0.2) is 48.2 Å². The molecule has 0 amide bonds. The Morgan fingerprint density at radius 3 is 1.71 bits per heavy atom. The largest absolute Gasteiger partial charge is 0.751 e. The number of halogens is 7. The Morgan fingerprint density at radius 2 is 1.42 bits per heavy atom. The molecule has 0 radical (unpaired) electrons. The lowest BCUT2D eigenvalue weighted by atomic mass is 10.2. The van der Waals surface area contributed by atoms with Gasteiger partial charge in [0.2, 0.25) is 5.83 Å². The number of alkyl halides is 6. The van der Waals surface area contributed by atoms with Crippen molar-refractivity contribution >= 4 is 15.0 Å². The molecule has 0 spiro atoms. The summed E-state index contributed by atoms with van der Waals surface area (Å²) in [5.74, 6) is -5.91. The third kappa shape index (κ3) is 6.37. The average molecular weight is 388 g/mol. The number of allylic oxidation sites excluding steroid dienone is 1. The summed E-state index contributed by atoms with van der Waals surface area (Å²) in [4.78, 5) is 11.4. The topological polar surface area (TPSA) is 54.0 Å². The van der Waals surface area contributed by atoms with Crippen molar-refractivity contribution in [2.75, 3.05) is 20.8 Å². The molecule has 0 N–H and O–H groups in total. The van der Waals surface area contributed by atoms with Gasteiger partial charge in [-0.25, -0.2) is 4.79 Å². The van der Waals surface area contributed by atoms with Crippen molar-refractivity contribution in [3.05, 3.63) is 11.4 Å². The fourth-order valence-electron chi connectivity index (χ4n) is 1.25. The van der Waals surface area contributed by atoms with Crippen LogP contribution in [0.15, 0.2) is 11.4 Å². The molecule has 0 aliphatic carbocycles. The maximum Gasteiger partial charge on any atom is 0.751 e. The summed E-state index contributed by atoms with van der Waals surface area (Å²) in [6, 6.07) is 0. The van der Waals surface area contributed by atoms with E-state index in [4.69, 9.17) is 4.43 Å². The van der Waals surface area contributed by atoms with Gasteiger partial charge in [0.15, 0.2) is 5.57 Å². The fourth-order valence-corrected chi connectivity index (χ4v) is 2.73. The minimum atomic E-state index is -6.16. The molecule has 0 saturated heterocycles. The maximum atomic E-state index is 13.5. The molecule has 0 bridgehead atoms. The van der Waals surface area contributed by atoms with E-state index in [1.165, 1.54) is 0 Å². The molecule has 24 heavy (non-hydrogen) atoms. The van der Waals surface area contributed by atoms with Gasteiger partial charge in [-0.2, -0.15) is 30.7 Å². The zero-order chi connectivity index (χ0) is 19.3. The lowest BCUT2D eigenvalue weighted by Crippen LogP contribution is -2.50. The average Bonchev–Trinajstić information content (AvgIpc) is 2.40. The number of carbonyl (C=O) groups excluding carboxylic acids is 1. The van der Waals surface area contributed by atoms with Gasteiger partial charge in [-0.05, 0) is 5.92 Å². The second kappa shape index (κ2) is 8.27. The molecular formula is C11H15F7O5Si. The summed E-state index contributed by atoms with van der Waals surface area (Å²) in [6.07, 6.45) is -12.3. The zero-order valence-corrected chi connectivity index (χ0v) is 14.0. The Hall–Kier alpha value is -1.18. The monoisotopic (exact) mass is 388 g/mol. The van der Waals surface area contributed by atoms with Crippen molar-refractivity contribution in [1.82, 2.24) is 0 Å². The molecule has 5 nitrogen and oxygen atoms in total. The smallest absolute Gasteiger partial charge is 0.446 e. The molecule has 0 unspecified atom stereocenters. The highest BCUT2D eigenvalue weighted by Gasteiger charge is 2.57. The quantitative estimate of drug-likeness (QED) is 0.381. The molecule has 0 fully saturated rings. The third-order valence-electron chi connectivity index (χ3n) is 2.28. The van der Waals surface area contributed by atoms with E-state index < -0.39 is 38.8 Å². The van der Waals surface area contributed by atoms with Crippen LogP contribution < -0.4 is 0 Å². The molecule has 142 valence electrons. The van der Waals surface area contributed by atoms with E-state index >= 15 is 0 Å². The first-order valence-corrected chi connectivity index (χ1v) is 7.85. The van der Waals surface area contributed by atoms with Crippen molar-refractivity contribution in [1.29, 1.82) is 0 Å². The first-order valence-electron chi connectivity index (χ1n) is 6.22. The van der Waals surface area contributed by atoms with E-state index in [2.05, 4.69) is 13.3 Å². The van der Waals surface area contributed by atoms with Crippen molar-refractivity contribution in [3.8, 4) is 0 Å². The van der Waals surface area contributed by atoms with E-state index in [0.717, 1.165) is 14.2 Å². The standard InChI is InChI=1S/C11H15F7O5Si/c1-6(2)5-22-24(20-3,21-4)23-9(19)7(12)8(10(13,14)15)11(16,17)18/h6H,5H2,1-4H3. The zero-order valence-electron chi connectivity index (χ0n) is 13.0. The Kier molecular flexibility index (Phi) is 7.86. The van der Waals surface area contributed by atoms with Crippen LogP contribution in [0.3, 0.4) is 0 Å². The van der Waals surface area contributed by atoms with Gasteiger partial charge in [0.05, 0.1) is 0 Å². The molecule has 0 aliphatic rings. The van der Waals surface area contributed by atoms with Crippen LogP contribution in [0, 0.1) is 5.92 Å². The van der Waals surface area contributed by atoms with Crippen molar-refractivity contribution < 1.29 is 53.2 Å². The van der Waals surface area contributed by atoms with Crippen molar-refractivity contribution in [2.45, 2.75) is 26.2 Å². The second-order valence-corrected chi connectivity index (χ2v) is 7.00. The molecule has 0 rings (SSSR count). The van der Waals surface area contributed by atoms with Crippen LogP contribution in [0.1, 0.15) is 13.8 Å². The predicted molar refractivity (Wildman–Crippen MR) is 66.9 cm³/mol. The Balaban J connectivity index is 5.67. The molecule has 0 aromatic heterocycles. The number of rotatable bonds is 7. The SMILES string of the molecule is CO[Si](OC)(OCC(C)C)OC(=O)C(F)=C(C(F)(F)F)C(F)(F)F. The summed E-state index contributed by atoms with van der Waals surface area (Å²) in [6.45, 7) is 3.11. The summed E-state index contributed by atoms with van der Waals surface area (Å²) >= 11 is 0. The number of carbonyl (C=O) groups is 1. The van der Waals surface area contributed by atoms with Crippen LogP contribution in [-0.2, 0) is 22.5 Å². The number of hydrogen-bond donors (Lipinski definition) is 0. The summed E-state index contributed by atoms with van der Waals surface area (Å²) in [5.41, 5.74) is -3.63. The fraction of sp³-hybridized carbons (Fsp3) is 0.727. The minimum Gasteiger partial charge on any atom is -0.446 e. The maximum absolute atomic E-state index is 13.5. The van der Waals surface area contributed by atoms with Crippen LogP contribution >= 0.6 is 0 Å². The third-order valence-corrected chi connectivity index (χ3v) is 4.23. The van der Waals surface area contributed by atoms with Crippen LogP contribution in [0.5, 0.6) is 0 Å². The second-order valence-electron chi connectivity index (χ2n) is 4.69. The highest BCUT2D eigenvalue weighted by molar-refractivity contribution is 6.55. The first-order chi connectivity index (χ1) is 10.7. The van der Waals surface area contributed by atoms with E-state index in [1.54, 1.807) is 13.8 Å². The molecule has 0 saturated carbocycles. The summed E-state index contributed by atoms with van der Waals surface area (Å²) in [5, 5.41) is 0. The lowest BCUT2D eigenvalue weighted by molar-refractivity contribution is -0.177. The summed E-state index contributed by atoms with van der Waals surface area (Å²) < 4.78 is 106. The Labute approximate surface area is 133 Å². The highest BCUT2D eigenvalue weighted by atomic mass is 28.4. The van der Waals surface area contributed by atoms with Gasteiger partial charge < -0.3 is 17.7 Å². The molecular weight excluding hydrogens is 373 g/mol. The van der Waals surface area contributed by atoms with E-state index in [9.17, 15) is 35.5 Å². The Morgan fingerprint density at radius 1 is 1.00 bits per heavy atom. The van der Waals surface area contributed by atoms with E-state index in [1.807, 2.05) is 0 Å². The van der Waals surface area contributed by atoms with Gasteiger partial charge in [0, 0.05) is 20.8 Å². The predicted octanol–water partition coefficient (Wildman–Crippen LogP) is 3.28. The molecule has 0 aromatic rings. The molecule has 0 heterocycles. The van der Waals surface area contributed by atoms with E-state index in [-0.39, 0.29) is 12.5 Å². The normalized spacial score (nSPS) is 13.2. The van der Waals surface area contributed by atoms with Gasteiger partial charge in [0.25, 0.3) is 0 Å². The molecule has 0 aliphatic heterocycles. The van der Waals surface area contributed by atoms with Crippen molar-refractivity contribution in [2.24, 2.45) is 5.92 Å². The van der Waals surface area contributed by atoms with Gasteiger partial charge >= 0.3 is 27.4 Å². The minimum absolute atomic E-state index is 0.169. The molecule has 0 aromatic carbocycles. The van der Waals surface area contributed by atoms with Crippen LogP contribution in [0.4, 0.5) is 30.7 Å². The van der Waals surface area contributed by atoms with Crippen LogP contribution in [0.2, 0.25) is 0 Å².